The number of rotatable bonds is 5. The summed E-state index contributed by atoms with van der Waals surface area (Å²) in [4.78, 5) is 0.213. The second-order valence-corrected chi connectivity index (χ2v) is 8.04. The fourth-order valence-electron chi connectivity index (χ4n) is 2.37. The molecule has 0 radical (unpaired) electrons. The molecule has 0 aliphatic heterocycles. The lowest BCUT2D eigenvalue weighted by Crippen LogP contribution is -2.45. The highest BCUT2D eigenvalue weighted by molar-refractivity contribution is 8.00. The van der Waals surface area contributed by atoms with Gasteiger partial charge in [0, 0.05) is 11.3 Å². The van der Waals surface area contributed by atoms with Crippen LogP contribution in [0.15, 0.2) is 23.1 Å². The van der Waals surface area contributed by atoms with Gasteiger partial charge in [-0.1, -0.05) is 18.6 Å². The van der Waals surface area contributed by atoms with Crippen molar-refractivity contribution < 1.29 is 8.42 Å². The highest BCUT2D eigenvalue weighted by atomic mass is 32.2. The van der Waals surface area contributed by atoms with Crippen LogP contribution < -0.4 is 10.5 Å². The van der Waals surface area contributed by atoms with Gasteiger partial charge in [0.05, 0.1) is 5.69 Å². The minimum absolute atomic E-state index is 0.0739. The molecule has 4 nitrogen and oxygen atoms in total. The summed E-state index contributed by atoms with van der Waals surface area (Å²) in [7, 11) is -3.53. The number of benzene rings is 1. The minimum Gasteiger partial charge on any atom is -0.398 e. The summed E-state index contributed by atoms with van der Waals surface area (Å²) >= 11 is 1.75. The van der Waals surface area contributed by atoms with E-state index in [9.17, 15) is 8.42 Å². The molecule has 0 spiro atoms. The number of anilines is 1. The van der Waals surface area contributed by atoms with Crippen LogP contribution in [0, 0.1) is 6.92 Å². The molecule has 0 atom stereocenters. The number of aryl methyl sites for hydroxylation is 1. The summed E-state index contributed by atoms with van der Waals surface area (Å²) < 4.78 is 27.5. The molecule has 106 valence electrons. The second kappa shape index (κ2) is 5.34. The van der Waals surface area contributed by atoms with Gasteiger partial charge in [-0.3, -0.25) is 0 Å². The van der Waals surface area contributed by atoms with Crippen molar-refractivity contribution in [3.05, 3.63) is 23.8 Å². The average molecular weight is 300 g/mol. The fraction of sp³-hybridized carbons (Fsp3) is 0.538. The molecule has 0 saturated heterocycles. The lowest BCUT2D eigenvalue weighted by Gasteiger charge is -2.40. The van der Waals surface area contributed by atoms with Gasteiger partial charge in [0.25, 0.3) is 0 Å². The zero-order valence-electron chi connectivity index (χ0n) is 11.3. The Kier molecular flexibility index (Phi) is 4.13. The number of nitrogen functional groups attached to an aromatic ring is 1. The highest BCUT2D eigenvalue weighted by Gasteiger charge is 2.37. The molecule has 1 aromatic rings. The second-order valence-electron chi connectivity index (χ2n) is 5.06. The summed E-state index contributed by atoms with van der Waals surface area (Å²) in [6.07, 6.45) is 5.35. The SMILES string of the molecule is CSC1(CNS(=O)(=O)c2c(C)cccc2N)CCC1. The van der Waals surface area contributed by atoms with Crippen LogP contribution in [-0.2, 0) is 10.0 Å². The summed E-state index contributed by atoms with van der Waals surface area (Å²) in [5.41, 5.74) is 6.79. The summed E-state index contributed by atoms with van der Waals surface area (Å²) in [6.45, 7) is 2.24. The van der Waals surface area contributed by atoms with Crippen LogP contribution in [0.3, 0.4) is 0 Å². The molecular weight excluding hydrogens is 280 g/mol. The fourth-order valence-corrected chi connectivity index (χ4v) is 4.85. The van der Waals surface area contributed by atoms with Gasteiger partial charge in [-0.2, -0.15) is 11.8 Å². The number of nitrogens with one attached hydrogen (secondary N) is 1. The largest absolute Gasteiger partial charge is 0.398 e. The van der Waals surface area contributed by atoms with Crippen molar-refractivity contribution in [2.45, 2.75) is 35.8 Å². The molecule has 6 heteroatoms. The molecular formula is C13H20N2O2S2. The third-order valence-electron chi connectivity index (χ3n) is 3.79. The Labute approximate surface area is 119 Å². The molecule has 1 aliphatic rings. The summed E-state index contributed by atoms with van der Waals surface area (Å²) in [5.74, 6) is 0. The van der Waals surface area contributed by atoms with Crippen LogP contribution in [0.4, 0.5) is 5.69 Å². The van der Waals surface area contributed by atoms with E-state index in [1.165, 1.54) is 6.42 Å². The maximum atomic E-state index is 12.4. The summed E-state index contributed by atoms with van der Waals surface area (Å²) in [6, 6.07) is 5.15. The monoisotopic (exact) mass is 300 g/mol. The van der Waals surface area contributed by atoms with Crippen molar-refractivity contribution in [1.82, 2.24) is 4.72 Å². The van der Waals surface area contributed by atoms with E-state index in [1.54, 1.807) is 36.9 Å². The van der Waals surface area contributed by atoms with Gasteiger partial charge in [-0.15, -0.1) is 0 Å². The Balaban J connectivity index is 2.19. The van der Waals surface area contributed by atoms with Crippen molar-refractivity contribution in [1.29, 1.82) is 0 Å². The zero-order chi connectivity index (χ0) is 14.1. The van der Waals surface area contributed by atoms with E-state index in [1.807, 2.05) is 6.26 Å². The molecule has 1 aromatic carbocycles. The Morgan fingerprint density at radius 2 is 2.11 bits per heavy atom. The normalized spacial score (nSPS) is 18.0. The maximum absolute atomic E-state index is 12.4. The molecule has 0 unspecified atom stereocenters. The lowest BCUT2D eigenvalue weighted by atomic mass is 9.84. The van der Waals surface area contributed by atoms with Gasteiger partial charge < -0.3 is 5.73 Å². The van der Waals surface area contributed by atoms with Crippen molar-refractivity contribution in [2.75, 3.05) is 18.5 Å². The van der Waals surface area contributed by atoms with E-state index in [4.69, 9.17) is 5.73 Å². The van der Waals surface area contributed by atoms with Gasteiger partial charge >= 0.3 is 0 Å². The summed E-state index contributed by atoms with van der Waals surface area (Å²) in [5, 5.41) is 0. The predicted molar refractivity (Wildman–Crippen MR) is 80.9 cm³/mol. The number of hydrogen-bond donors (Lipinski definition) is 2. The topological polar surface area (TPSA) is 72.2 Å². The van der Waals surface area contributed by atoms with Gasteiger partial charge in [0.1, 0.15) is 4.90 Å². The van der Waals surface area contributed by atoms with Crippen LogP contribution in [-0.4, -0.2) is 26.0 Å². The van der Waals surface area contributed by atoms with Crippen LogP contribution in [0.2, 0.25) is 0 Å². The maximum Gasteiger partial charge on any atom is 0.242 e. The Morgan fingerprint density at radius 3 is 2.58 bits per heavy atom. The van der Waals surface area contributed by atoms with Crippen molar-refractivity contribution in [3.63, 3.8) is 0 Å². The minimum atomic E-state index is -3.53. The van der Waals surface area contributed by atoms with Crippen molar-refractivity contribution in [2.24, 2.45) is 0 Å². The smallest absolute Gasteiger partial charge is 0.242 e. The third kappa shape index (κ3) is 2.90. The zero-order valence-corrected chi connectivity index (χ0v) is 12.9. The number of thioether (sulfide) groups is 1. The molecule has 0 heterocycles. The van der Waals surface area contributed by atoms with Crippen LogP contribution >= 0.6 is 11.8 Å². The molecule has 3 N–H and O–H groups in total. The first kappa shape index (κ1) is 14.7. The van der Waals surface area contributed by atoms with Gasteiger partial charge in [-0.05, 0) is 37.7 Å². The third-order valence-corrected chi connectivity index (χ3v) is 6.83. The first-order valence-electron chi connectivity index (χ1n) is 6.30. The van der Waals surface area contributed by atoms with Crippen LogP contribution in [0.25, 0.3) is 0 Å². The molecule has 1 saturated carbocycles. The number of sulfonamides is 1. The van der Waals surface area contributed by atoms with E-state index < -0.39 is 10.0 Å². The van der Waals surface area contributed by atoms with E-state index in [-0.39, 0.29) is 9.64 Å². The molecule has 1 aliphatic carbocycles. The van der Waals surface area contributed by atoms with Crippen molar-refractivity contribution >= 4 is 27.5 Å². The molecule has 0 amide bonds. The first-order valence-corrected chi connectivity index (χ1v) is 9.01. The standard InChI is InChI=1S/C13H20N2O2S2/c1-10-5-3-6-11(14)12(10)19(16,17)15-9-13(18-2)7-4-8-13/h3,5-6,15H,4,7-9,14H2,1-2H3. The van der Waals surface area contributed by atoms with E-state index in [2.05, 4.69) is 4.72 Å². The molecule has 19 heavy (non-hydrogen) atoms. The van der Waals surface area contributed by atoms with Crippen LogP contribution in [0.5, 0.6) is 0 Å². The van der Waals surface area contributed by atoms with Gasteiger partial charge in [0.2, 0.25) is 10.0 Å². The number of hydrogen-bond acceptors (Lipinski definition) is 4. The van der Waals surface area contributed by atoms with Gasteiger partial charge in [-0.25, -0.2) is 13.1 Å². The molecule has 1 fully saturated rings. The van der Waals surface area contributed by atoms with E-state index in [0.717, 1.165) is 12.8 Å². The Bertz CT molecular complexity index is 540. The van der Waals surface area contributed by atoms with E-state index in [0.29, 0.717) is 17.8 Å². The van der Waals surface area contributed by atoms with E-state index >= 15 is 0 Å². The molecule has 0 aromatic heterocycles. The molecule has 2 rings (SSSR count). The van der Waals surface area contributed by atoms with Gasteiger partial charge in [0.15, 0.2) is 0 Å². The first-order chi connectivity index (χ1) is 8.90. The Hall–Kier alpha value is -0.720. The van der Waals surface area contributed by atoms with Crippen LogP contribution in [0.1, 0.15) is 24.8 Å². The number of nitrogens with two attached hydrogens (primary N) is 1. The van der Waals surface area contributed by atoms with Crippen molar-refractivity contribution in [3.8, 4) is 0 Å². The predicted octanol–water partition coefficient (Wildman–Crippen LogP) is 2.14. The highest BCUT2D eigenvalue weighted by Crippen LogP contribution is 2.42. The average Bonchev–Trinajstić information content (AvgIpc) is 2.27. The molecule has 0 bridgehead atoms. The quantitative estimate of drug-likeness (QED) is 0.817. The lowest BCUT2D eigenvalue weighted by molar-refractivity contribution is 0.362. The Morgan fingerprint density at radius 1 is 1.42 bits per heavy atom.